The second-order valence-corrected chi connectivity index (χ2v) is 2.12. The molecule has 0 amide bonds. The normalized spacial score (nSPS) is 8.83. The molecule has 0 aromatic heterocycles. The van der Waals surface area contributed by atoms with Crippen LogP contribution in [0.4, 0.5) is 15.8 Å². The van der Waals surface area contributed by atoms with Gasteiger partial charge in [0.15, 0.2) is 0 Å². The molecule has 0 unspecified atom stereocenters. The van der Waals surface area contributed by atoms with Crippen LogP contribution in [0, 0.1) is 5.82 Å². The Labute approximate surface area is 68.9 Å². The molecule has 1 rings (SSSR count). The Morgan fingerprint density at radius 2 is 2.33 bits per heavy atom. The maximum absolute atomic E-state index is 12.9. The van der Waals surface area contributed by atoms with Crippen molar-refractivity contribution < 1.29 is 9.18 Å². The summed E-state index contributed by atoms with van der Waals surface area (Å²) in [5.74, 6) is -0.436. The van der Waals surface area contributed by atoms with Gasteiger partial charge in [0, 0.05) is 13.1 Å². The largest absolute Gasteiger partial charge is 0.386 e. The number of benzene rings is 1. The fourth-order valence-corrected chi connectivity index (χ4v) is 0.829. The predicted octanol–water partition coefficient (Wildman–Crippen LogP) is 1.83. The highest BCUT2D eigenvalue weighted by Gasteiger charge is 1.99. The summed E-state index contributed by atoms with van der Waals surface area (Å²) in [5.41, 5.74) is 0.640. The minimum atomic E-state index is -0.436. The van der Waals surface area contributed by atoms with Gasteiger partial charge in [-0.2, -0.15) is 4.99 Å². The van der Waals surface area contributed by atoms with Crippen molar-refractivity contribution in [1.82, 2.24) is 0 Å². The van der Waals surface area contributed by atoms with Gasteiger partial charge in [-0.05, 0) is 12.1 Å². The van der Waals surface area contributed by atoms with Crippen molar-refractivity contribution >= 4 is 17.5 Å². The van der Waals surface area contributed by atoms with Crippen LogP contribution in [0.2, 0.25) is 0 Å². The Hall–Kier alpha value is -1.67. The number of anilines is 1. The second kappa shape index (κ2) is 3.64. The average Bonchev–Trinajstić information content (AvgIpc) is 2.05. The molecule has 0 aliphatic rings. The molecule has 62 valence electrons. The van der Waals surface area contributed by atoms with Crippen LogP contribution in [0.3, 0.4) is 0 Å². The van der Waals surface area contributed by atoms with Gasteiger partial charge in [0.25, 0.3) is 0 Å². The van der Waals surface area contributed by atoms with Crippen molar-refractivity contribution in [3.8, 4) is 0 Å². The lowest BCUT2D eigenvalue weighted by atomic mass is 10.3. The zero-order chi connectivity index (χ0) is 8.97. The fraction of sp³-hybridized carbons (Fsp3) is 0.125. The Morgan fingerprint density at radius 3 is 2.83 bits per heavy atom. The lowest BCUT2D eigenvalue weighted by molar-refractivity contribution is 0.565. The first-order chi connectivity index (χ1) is 5.77. The van der Waals surface area contributed by atoms with E-state index in [-0.39, 0.29) is 5.69 Å². The first kappa shape index (κ1) is 8.43. The molecule has 0 atom stereocenters. The number of isocyanates is 1. The number of carbonyl (C=O) groups excluding carboxylic acids is 1. The summed E-state index contributed by atoms with van der Waals surface area (Å²) in [6, 6.07) is 4.20. The van der Waals surface area contributed by atoms with Gasteiger partial charge < -0.3 is 5.32 Å². The van der Waals surface area contributed by atoms with E-state index in [0.29, 0.717) is 5.69 Å². The van der Waals surface area contributed by atoms with Crippen molar-refractivity contribution in [3.63, 3.8) is 0 Å². The molecule has 0 heterocycles. The highest BCUT2D eigenvalue weighted by Crippen LogP contribution is 2.19. The predicted molar refractivity (Wildman–Crippen MR) is 43.7 cm³/mol. The minimum absolute atomic E-state index is 0.265. The van der Waals surface area contributed by atoms with Crippen LogP contribution in [-0.4, -0.2) is 13.1 Å². The van der Waals surface area contributed by atoms with Gasteiger partial charge in [-0.25, -0.2) is 9.18 Å². The number of hydrogen-bond acceptors (Lipinski definition) is 3. The Morgan fingerprint density at radius 1 is 1.58 bits per heavy atom. The molecule has 0 saturated carbocycles. The van der Waals surface area contributed by atoms with Crippen LogP contribution in [-0.2, 0) is 4.79 Å². The van der Waals surface area contributed by atoms with Crippen LogP contribution < -0.4 is 5.32 Å². The molecule has 0 radical (unpaired) electrons. The van der Waals surface area contributed by atoms with Crippen LogP contribution >= 0.6 is 0 Å². The molecule has 0 bridgehead atoms. The smallest absolute Gasteiger partial charge is 0.240 e. The summed E-state index contributed by atoms with van der Waals surface area (Å²) >= 11 is 0. The van der Waals surface area contributed by atoms with Crippen LogP contribution in [0.25, 0.3) is 0 Å². The summed E-state index contributed by atoms with van der Waals surface area (Å²) in [6.45, 7) is 0. The molecular weight excluding hydrogens is 159 g/mol. The topological polar surface area (TPSA) is 41.5 Å². The first-order valence-corrected chi connectivity index (χ1v) is 3.33. The molecule has 0 fully saturated rings. The van der Waals surface area contributed by atoms with Crippen LogP contribution in [0.5, 0.6) is 0 Å². The van der Waals surface area contributed by atoms with Crippen molar-refractivity contribution in [2.75, 3.05) is 12.4 Å². The Balaban J connectivity index is 3.09. The summed E-state index contributed by atoms with van der Waals surface area (Å²) in [7, 11) is 1.61. The van der Waals surface area contributed by atoms with Crippen molar-refractivity contribution in [2.45, 2.75) is 0 Å². The number of hydrogen-bond donors (Lipinski definition) is 1. The van der Waals surface area contributed by atoms with E-state index in [0.717, 1.165) is 6.07 Å². The summed E-state index contributed by atoms with van der Waals surface area (Å²) in [5, 5.41) is 2.65. The highest BCUT2D eigenvalue weighted by molar-refractivity contribution is 5.55. The van der Waals surface area contributed by atoms with Crippen LogP contribution in [0.15, 0.2) is 23.2 Å². The summed E-state index contributed by atoms with van der Waals surface area (Å²) < 4.78 is 12.9. The van der Waals surface area contributed by atoms with E-state index >= 15 is 0 Å². The summed E-state index contributed by atoms with van der Waals surface area (Å²) in [6.07, 6.45) is 1.34. The molecule has 4 heteroatoms. The van der Waals surface area contributed by atoms with E-state index in [1.165, 1.54) is 18.2 Å². The van der Waals surface area contributed by atoms with Gasteiger partial charge in [-0.15, -0.1) is 0 Å². The number of halogens is 1. The van der Waals surface area contributed by atoms with Gasteiger partial charge in [-0.3, -0.25) is 0 Å². The van der Waals surface area contributed by atoms with E-state index in [4.69, 9.17) is 0 Å². The van der Waals surface area contributed by atoms with Crippen molar-refractivity contribution in [1.29, 1.82) is 0 Å². The Bertz CT molecular complexity index is 332. The fourth-order valence-electron chi connectivity index (χ4n) is 0.829. The third-order valence-corrected chi connectivity index (χ3v) is 1.40. The van der Waals surface area contributed by atoms with Crippen LogP contribution in [0.1, 0.15) is 0 Å². The molecule has 1 N–H and O–H groups in total. The zero-order valence-corrected chi connectivity index (χ0v) is 6.47. The SMILES string of the molecule is CNc1ccc(N=C=O)cc1F. The van der Waals surface area contributed by atoms with Crippen molar-refractivity contribution in [3.05, 3.63) is 24.0 Å². The highest BCUT2D eigenvalue weighted by atomic mass is 19.1. The Kier molecular flexibility index (Phi) is 2.56. The quantitative estimate of drug-likeness (QED) is 0.538. The molecule has 12 heavy (non-hydrogen) atoms. The zero-order valence-electron chi connectivity index (χ0n) is 6.47. The molecule has 0 aliphatic carbocycles. The lowest BCUT2D eigenvalue weighted by Crippen LogP contribution is -1.90. The van der Waals surface area contributed by atoms with Crippen molar-refractivity contribution in [2.24, 2.45) is 4.99 Å². The number of aliphatic imine (C=N–C) groups is 1. The number of nitrogens with zero attached hydrogens (tertiary/aromatic N) is 1. The maximum Gasteiger partial charge on any atom is 0.240 e. The van der Waals surface area contributed by atoms with Gasteiger partial charge >= 0.3 is 0 Å². The molecule has 0 saturated heterocycles. The second-order valence-electron chi connectivity index (χ2n) is 2.12. The van der Waals surface area contributed by atoms with E-state index < -0.39 is 5.82 Å². The van der Waals surface area contributed by atoms with Gasteiger partial charge in [0.1, 0.15) is 5.82 Å². The molecule has 0 spiro atoms. The van der Waals surface area contributed by atoms with E-state index in [1.54, 1.807) is 7.05 Å². The van der Waals surface area contributed by atoms with E-state index in [1.807, 2.05) is 0 Å². The molecule has 1 aromatic carbocycles. The average molecular weight is 166 g/mol. The molecule has 3 nitrogen and oxygen atoms in total. The number of nitrogens with one attached hydrogen (secondary N) is 1. The maximum atomic E-state index is 12.9. The minimum Gasteiger partial charge on any atom is -0.386 e. The number of rotatable bonds is 2. The van der Waals surface area contributed by atoms with Gasteiger partial charge in [0.2, 0.25) is 6.08 Å². The monoisotopic (exact) mass is 166 g/mol. The third-order valence-electron chi connectivity index (χ3n) is 1.40. The molecule has 1 aromatic rings. The first-order valence-electron chi connectivity index (χ1n) is 3.33. The standard InChI is InChI=1S/C8H7FN2O/c1-10-8-3-2-6(11-5-12)4-7(8)9/h2-4,10H,1H3. The third kappa shape index (κ3) is 1.68. The van der Waals surface area contributed by atoms with Gasteiger partial charge in [0.05, 0.1) is 11.4 Å². The van der Waals surface area contributed by atoms with E-state index in [2.05, 4.69) is 10.3 Å². The van der Waals surface area contributed by atoms with E-state index in [9.17, 15) is 9.18 Å². The summed E-state index contributed by atoms with van der Waals surface area (Å²) in [4.78, 5) is 13.1. The molecule has 0 aliphatic heterocycles. The lowest BCUT2D eigenvalue weighted by Gasteiger charge is -2.00. The molecular formula is C8H7FN2O. The van der Waals surface area contributed by atoms with Gasteiger partial charge in [-0.1, -0.05) is 0 Å².